The molecule has 0 N–H and O–H groups in total. The van der Waals surface area contributed by atoms with Crippen LogP contribution in [-0.4, -0.2) is 30.8 Å². The zero-order valence-electron chi connectivity index (χ0n) is 16.7. The van der Waals surface area contributed by atoms with Gasteiger partial charge in [-0.1, -0.05) is 23.8 Å². The zero-order chi connectivity index (χ0) is 20.4. The van der Waals surface area contributed by atoms with Gasteiger partial charge in [-0.15, -0.1) is 0 Å². The molecule has 28 heavy (non-hydrogen) atoms. The van der Waals surface area contributed by atoms with E-state index in [1.165, 1.54) is 0 Å². The third-order valence-corrected chi connectivity index (χ3v) is 5.29. The van der Waals surface area contributed by atoms with Gasteiger partial charge in [-0.25, -0.2) is 0 Å². The number of esters is 1. The Morgan fingerprint density at radius 3 is 2.32 bits per heavy atom. The predicted molar refractivity (Wildman–Crippen MR) is 108 cm³/mol. The van der Waals surface area contributed by atoms with E-state index in [2.05, 4.69) is 0 Å². The van der Waals surface area contributed by atoms with Gasteiger partial charge in [0, 0.05) is 24.2 Å². The molecule has 5 nitrogen and oxygen atoms in total. The highest BCUT2D eigenvalue weighted by molar-refractivity contribution is 6.01. The van der Waals surface area contributed by atoms with Crippen LogP contribution in [0.15, 0.2) is 36.4 Å². The van der Waals surface area contributed by atoms with Crippen molar-refractivity contribution in [2.45, 2.75) is 34.1 Å². The first-order valence-electron chi connectivity index (χ1n) is 9.41. The third kappa shape index (κ3) is 4.14. The molecular formula is C23H25NO4. The van der Waals surface area contributed by atoms with E-state index in [0.29, 0.717) is 5.56 Å². The number of benzene rings is 2. The number of hydrogen-bond acceptors (Lipinski definition) is 4. The highest BCUT2D eigenvalue weighted by Gasteiger charge is 2.36. The van der Waals surface area contributed by atoms with E-state index < -0.39 is 11.9 Å². The summed E-state index contributed by atoms with van der Waals surface area (Å²) in [4.78, 5) is 38.8. The Hall–Kier alpha value is -2.95. The summed E-state index contributed by atoms with van der Waals surface area (Å²) in [5, 5.41) is 0. The van der Waals surface area contributed by atoms with E-state index in [1.807, 2.05) is 64.1 Å². The van der Waals surface area contributed by atoms with E-state index in [0.717, 1.165) is 27.9 Å². The summed E-state index contributed by atoms with van der Waals surface area (Å²) in [5.41, 5.74) is 5.45. The van der Waals surface area contributed by atoms with E-state index in [-0.39, 0.29) is 31.3 Å². The Morgan fingerprint density at radius 2 is 1.64 bits per heavy atom. The lowest BCUT2D eigenvalue weighted by Gasteiger charge is -2.16. The fourth-order valence-corrected chi connectivity index (χ4v) is 3.43. The number of hydrogen-bond donors (Lipinski definition) is 0. The summed E-state index contributed by atoms with van der Waals surface area (Å²) in [6.07, 6.45) is 0.101. The van der Waals surface area contributed by atoms with Gasteiger partial charge in [-0.3, -0.25) is 14.4 Å². The summed E-state index contributed by atoms with van der Waals surface area (Å²) in [6, 6.07) is 11.4. The maximum Gasteiger partial charge on any atom is 0.311 e. The number of anilines is 1. The fraction of sp³-hybridized carbons (Fsp3) is 0.348. The number of amides is 1. The zero-order valence-corrected chi connectivity index (χ0v) is 16.7. The molecule has 0 aromatic heterocycles. The van der Waals surface area contributed by atoms with Crippen molar-refractivity contribution < 1.29 is 19.1 Å². The maximum atomic E-state index is 12.5. The lowest BCUT2D eigenvalue weighted by atomic mass is 9.98. The number of carbonyl (C=O) groups excluding carboxylic acids is 3. The van der Waals surface area contributed by atoms with Gasteiger partial charge in [0.2, 0.25) is 11.7 Å². The van der Waals surface area contributed by atoms with E-state index in [4.69, 9.17) is 4.74 Å². The minimum atomic E-state index is -0.553. The quantitative estimate of drug-likeness (QED) is 0.587. The molecule has 1 atom stereocenters. The summed E-state index contributed by atoms with van der Waals surface area (Å²) in [6.45, 7) is 7.75. The molecule has 3 rings (SSSR count). The average Bonchev–Trinajstić information content (AvgIpc) is 3.05. The molecule has 2 aromatic rings. The molecule has 0 radical (unpaired) electrons. The lowest BCUT2D eigenvalue weighted by Crippen LogP contribution is -2.27. The highest BCUT2D eigenvalue weighted by atomic mass is 16.5. The largest absolute Gasteiger partial charge is 0.457 e. The molecule has 1 saturated heterocycles. The second-order valence-electron chi connectivity index (χ2n) is 7.52. The topological polar surface area (TPSA) is 63.7 Å². The van der Waals surface area contributed by atoms with Crippen molar-refractivity contribution in [1.29, 1.82) is 0 Å². The Balaban J connectivity index is 1.61. The summed E-state index contributed by atoms with van der Waals surface area (Å²) >= 11 is 0. The van der Waals surface area contributed by atoms with Crippen LogP contribution in [-0.2, 0) is 14.3 Å². The molecule has 0 saturated carbocycles. The van der Waals surface area contributed by atoms with Crippen molar-refractivity contribution in [3.05, 3.63) is 64.2 Å². The van der Waals surface area contributed by atoms with Gasteiger partial charge >= 0.3 is 5.97 Å². The van der Waals surface area contributed by atoms with Crippen LogP contribution in [0.25, 0.3) is 0 Å². The van der Waals surface area contributed by atoms with Crippen molar-refractivity contribution in [1.82, 2.24) is 0 Å². The van der Waals surface area contributed by atoms with Crippen LogP contribution >= 0.6 is 0 Å². The van der Waals surface area contributed by atoms with Gasteiger partial charge < -0.3 is 9.64 Å². The van der Waals surface area contributed by atoms with Crippen LogP contribution < -0.4 is 4.90 Å². The Morgan fingerprint density at radius 1 is 1.00 bits per heavy atom. The standard InChI is InChI=1S/C23H25NO4/c1-14-5-7-19(8-6-14)24-12-18(11-22(24)26)23(27)28-13-21(25)20-10-16(3)15(2)9-17(20)4/h5-10,18H,11-13H2,1-4H3. The second kappa shape index (κ2) is 7.97. The average molecular weight is 379 g/mol. The summed E-state index contributed by atoms with van der Waals surface area (Å²) in [5.74, 6) is -1.39. The number of carbonyl (C=O) groups is 3. The second-order valence-corrected chi connectivity index (χ2v) is 7.52. The SMILES string of the molecule is Cc1ccc(N2CC(C(=O)OCC(=O)c3cc(C)c(C)cc3C)CC2=O)cc1. The van der Waals surface area contributed by atoms with Crippen LogP contribution in [0.1, 0.15) is 39.0 Å². The monoisotopic (exact) mass is 379 g/mol. The van der Waals surface area contributed by atoms with Gasteiger partial charge in [0.25, 0.3) is 0 Å². The number of nitrogens with zero attached hydrogens (tertiary/aromatic N) is 1. The Kier molecular flexibility index (Phi) is 5.63. The fourth-order valence-electron chi connectivity index (χ4n) is 3.43. The normalized spacial score (nSPS) is 16.4. The van der Waals surface area contributed by atoms with Gasteiger partial charge in [0.15, 0.2) is 6.61 Å². The van der Waals surface area contributed by atoms with Gasteiger partial charge in [0.1, 0.15) is 0 Å². The van der Waals surface area contributed by atoms with Crippen LogP contribution in [0.5, 0.6) is 0 Å². The number of rotatable bonds is 5. The molecule has 146 valence electrons. The molecule has 1 fully saturated rings. The van der Waals surface area contributed by atoms with Crippen molar-refractivity contribution in [3.8, 4) is 0 Å². The number of ketones is 1. The first-order valence-corrected chi connectivity index (χ1v) is 9.41. The molecule has 1 aliphatic rings. The van der Waals surface area contributed by atoms with Crippen molar-refractivity contribution in [2.75, 3.05) is 18.1 Å². The predicted octanol–water partition coefficient (Wildman–Crippen LogP) is 3.70. The molecule has 1 heterocycles. The number of Topliss-reactive ketones (excluding diaryl/α,β-unsaturated/α-hetero) is 1. The maximum absolute atomic E-state index is 12.5. The minimum Gasteiger partial charge on any atom is -0.457 e. The molecule has 2 aromatic carbocycles. The molecule has 0 aliphatic carbocycles. The van der Waals surface area contributed by atoms with E-state index >= 15 is 0 Å². The van der Waals surface area contributed by atoms with Crippen molar-refractivity contribution >= 4 is 23.3 Å². The Bertz CT molecular complexity index is 930. The first-order chi connectivity index (χ1) is 13.3. The van der Waals surface area contributed by atoms with Gasteiger partial charge in [-0.05, 0) is 62.6 Å². The minimum absolute atomic E-state index is 0.101. The van der Waals surface area contributed by atoms with Crippen LogP contribution in [0, 0.1) is 33.6 Å². The smallest absolute Gasteiger partial charge is 0.311 e. The molecular weight excluding hydrogens is 354 g/mol. The van der Waals surface area contributed by atoms with Crippen molar-refractivity contribution in [3.63, 3.8) is 0 Å². The van der Waals surface area contributed by atoms with E-state index in [9.17, 15) is 14.4 Å². The molecule has 0 spiro atoms. The van der Waals surface area contributed by atoms with Gasteiger partial charge in [-0.2, -0.15) is 0 Å². The van der Waals surface area contributed by atoms with Crippen LogP contribution in [0.4, 0.5) is 5.69 Å². The molecule has 5 heteroatoms. The van der Waals surface area contributed by atoms with Crippen molar-refractivity contribution in [2.24, 2.45) is 5.92 Å². The molecule has 0 bridgehead atoms. The summed E-state index contributed by atoms with van der Waals surface area (Å²) in [7, 11) is 0. The van der Waals surface area contributed by atoms with E-state index in [1.54, 1.807) is 4.90 Å². The summed E-state index contributed by atoms with van der Waals surface area (Å²) < 4.78 is 5.25. The lowest BCUT2D eigenvalue weighted by molar-refractivity contribution is -0.147. The molecule has 1 aliphatic heterocycles. The van der Waals surface area contributed by atoms with Crippen LogP contribution in [0.3, 0.4) is 0 Å². The number of ether oxygens (including phenoxy) is 1. The molecule has 1 unspecified atom stereocenters. The van der Waals surface area contributed by atoms with Crippen LogP contribution in [0.2, 0.25) is 0 Å². The number of aryl methyl sites for hydroxylation is 4. The molecule has 1 amide bonds. The van der Waals surface area contributed by atoms with Gasteiger partial charge in [0.05, 0.1) is 5.92 Å². The third-order valence-electron chi connectivity index (χ3n) is 5.29. The first kappa shape index (κ1) is 19.8. The Labute approximate surface area is 165 Å². The highest BCUT2D eigenvalue weighted by Crippen LogP contribution is 2.26.